The zero-order valence-corrected chi connectivity index (χ0v) is 13.6. The first-order valence-corrected chi connectivity index (χ1v) is 8.22. The van der Waals surface area contributed by atoms with Gasteiger partial charge in [0.25, 0.3) is 0 Å². The van der Waals surface area contributed by atoms with Crippen molar-refractivity contribution in [1.29, 1.82) is 5.26 Å². The molecule has 4 nitrogen and oxygen atoms in total. The van der Waals surface area contributed by atoms with Crippen LogP contribution in [0.25, 0.3) is 0 Å². The Hall–Kier alpha value is -2.09. The van der Waals surface area contributed by atoms with Gasteiger partial charge in [-0.05, 0) is 37.1 Å². The predicted molar refractivity (Wildman–Crippen MR) is 92.3 cm³/mol. The predicted octanol–water partition coefficient (Wildman–Crippen LogP) is 3.68. The third kappa shape index (κ3) is 4.22. The number of hydrogen-bond acceptors (Lipinski definition) is 4. The van der Waals surface area contributed by atoms with Gasteiger partial charge in [0.15, 0.2) is 5.69 Å². The van der Waals surface area contributed by atoms with Crippen molar-refractivity contribution in [3.8, 4) is 6.07 Å². The monoisotopic (exact) mass is 326 g/mol. The van der Waals surface area contributed by atoms with Crippen LogP contribution in [0, 0.1) is 11.3 Å². The summed E-state index contributed by atoms with van der Waals surface area (Å²) in [5, 5.41) is 12.9. The molecule has 1 atom stereocenters. The molecule has 5 heteroatoms. The molecule has 1 aromatic carbocycles. The van der Waals surface area contributed by atoms with Gasteiger partial charge in [-0.15, -0.1) is 0 Å². The Morgan fingerprint density at radius 2 is 2.09 bits per heavy atom. The van der Waals surface area contributed by atoms with Crippen LogP contribution in [-0.2, 0) is 6.54 Å². The second-order valence-electron chi connectivity index (χ2n) is 5.84. The standard InChI is InChI=1S/C18H19ClN4/c19-16-8-9-18(22-17(16)11-20)21-15-7-4-10-23(13-15)12-14-5-2-1-3-6-14/h1-3,5-6,8-9,15H,4,7,10,12-13H2,(H,21,22). The molecule has 1 unspecified atom stereocenters. The van der Waals surface area contributed by atoms with E-state index in [4.69, 9.17) is 16.9 Å². The summed E-state index contributed by atoms with van der Waals surface area (Å²) in [4.78, 5) is 6.73. The summed E-state index contributed by atoms with van der Waals surface area (Å²) < 4.78 is 0. The molecule has 0 amide bonds. The van der Waals surface area contributed by atoms with Gasteiger partial charge in [-0.2, -0.15) is 5.26 Å². The van der Waals surface area contributed by atoms with E-state index in [1.807, 2.05) is 18.2 Å². The number of nitriles is 1. The third-order valence-corrected chi connectivity index (χ3v) is 4.36. The van der Waals surface area contributed by atoms with Gasteiger partial charge in [0.2, 0.25) is 0 Å². The van der Waals surface area contributed by atoms with Gasteiger partial charge in [0.05, 0.1) is 5.02 Å². The van der Waals surface area contributed by atoms with Crippen molar-refractivity contribution in [2.75, 3.05) is 18.4 Å². The number of nitrogens with zero attached hydrogens (tertiary/aromatic N) is 3. The average Bonchev–Trinajstić information content (AvgIpc) is 2.58. The molecule has 2 heterocycles. The molecule has 1 aliphatic heterocycles. The van der Waals surface area contributed by atoms with E-state index < -0.39 is 0 Å². The highest BCUT2D eigenvalue weighted by atomic mass is 35.5. The van der Waals surface area contributed by atoms with Crippen LogP contribution >= 0.6 is 11.6 Å². The summed E-state index contributed by atoms with van der Waals surface area (Å²) in [5.41, 5.74) is 1.61. The molecule has 0 radical (unpaired) electrons. The van der Waals surface area contributed by atoms with Crippen LogP contribution in [0.15, 0.2) is 42.5 Å². The van der Waals surface area contributed by atoms with Crippen LogP contribution in [0.1, 0.15) is 24.1 Å². The Bertz CT molecular complexity index is 696. The smallest absolute Gasteiger partial charge is 0.161 e. The second kappa shape index (κ2) is 7.45. The summed E-state index contributed by atoms with van der Waals surface area (Å²) in [6.45, 7) is 3.06. The summed E-state index contributed by atoms with van der Waals surface area (Å²) >= 11 is 5.93. The Kier molecular flexibility index (Phi) is 5.12. The minimum Gasteiger partial charge on any atom is -0.366 e. The number of nitrogens with one attached hydrogen (secondary N) is 1. The molecule has 1 fully saturated rings. The van der Waals surface area contributed by atoms with Crippen LogP contribution < -0.4 is 5.32 Å². The molecule has 2 aromatic rings. The summed E-state index contributed by atoms with van der Waals surface area (Å²) in [6.07, 6.45) is 2.26. The van der Waals surface area contributed by atoms with E-state index in [1.165, 1.54) is 5.56 Å². The highest BCUT2D eigenvalue weighted by Gasteiger charge is 2.20. The lowest BCUT2D eigenvalue weighted by Crippen LogP contribution is -2.41. The highest BCUT2D eigenvalue weighted by Crippen LogP contribution is 2.20. The topological polar surface area (TPSA) is 52.0 Å². The quantitative estimate of drug-likeness (QED) is 0.931. The van der Waals surface area contributed by atoms with E-state index in [1.54, 1.807) is 6.07 Å². The number of pyridine rings is 1. The van der Waals surface area contributed by atoms with Crippen LogP contribution in [0.5, 0.6) is 0 Å². The van der Waals surface area contributed by atoms with Gasteiger partial charge in [-0.3, -0.25) is 4.90 Å². The zero-order valence-electron chi connectivity index (χ0n) is 12.9. The first-order chi connectivity index (χ1) is 11.2. The van der Waals surface area contributed by atoms with Crippen LogP contribution in [0.2, 0.25) is 5.02 Å². The van der Waals surface area contributed by atoms with Crippen LogP contribution in [-0.4, -0.2) is 29.0 Å². The fraction of sp³-hybridized carbons (Fsp3) is 0.333. The maximum atomic E-state index is 9.02. The summed E-state index contributed by atoms with van der Waals surface area (Å²) in [6, 6.07) is 16.4. The summed E-state index contributed by atoms with van der Waals surface area (Å²) in [7, 11) is 0. The number of hydrogen-bond donors (Lipinski definition) is 1. The average molecular weight is 327 g/mol. The Morgan fingerprint density at radius 1 is 1.26 bits per heavy atom. The van der Waals surface area contributed by atoms with E-state index in [2.05, 4.69) is 39.5 Å². The lowest BCUT2D eigenvalue weighted by Gasteiger charge is -2.33. The zero-order chi connectivity index (χ0) is 16.1. The number of aromatic nitrogens is 1. The molecule has 3 rings (SSSR count). The van der Waals surface area contributed by atoms with Crippen LogP contribution in [0.3, 0.4) is 0 Å². The SMILES string of the molecule is N#Cc1nc(NC2CCCN(Cc3ccccc3)C2)ccc1Cl. The Labute approximate surface area is 141 Å². The van der Waals surface area contributed by atoms with E-state index >= 15 is 0 Å². The summed E-state index contributed by atoms with van der Waals surface area (Å²) in [5.74, 6) is 0.720. The van der Waals surface area contributed by atoms with Crippen molar-refractivity contribution in [1.82, 2.24) is 9.88 Å². The lowest BCUT2D eigenvalue weighted by molar-refractivity contribution is 0.208. The third-order valence-electron chi connectivity index (χ3n) is 4.06. The van der Waals surface area contributed by atoms with E-state index in [0.717, 1.165) is 38.3 Å². The van der Waals surface area contributed by atoms with Crippen LogP contribution in [0.4, 0.5) is 5.82 Å². The molecule has 118 valence electrons. The number of piperidine rings is 1. The van der Waals surface area contributed by atoms with Gasteiger partial charge in [0, 0.05) is 19.1 Å². The molecule has 1 aromatic heterocycles. The van der Waals surface area contributed by atoms with Gasteiger partial charge < -0.3 is 5.32 Å². The normalized spacial score (nSPS) is 18.3. The Morgan fingerprint density at radius 3 is 2.87 bits per heavy atom. The molecule has 1 saturated heterocycles. The van der Waals surface area contributed by atoms with Crippen molar-refractivity contribution in [2.24, 2.45) is 0 Å². The van der Waals surface area contributed by atoms with E-state index in [-0.39, 0.29) is 5.69 Å². The molecular weight excluding hydrogens is 308 g/mol. The fourth-order valence-corrected chi connectivity index (χ4v) is 3.12. The molecule has 0 aliphatic carbocycles. The number of halogens is 1. The molecule has 1 N–H and O–H groups in total. The lowest BCUT2D eigenvalue weighted by atomic mass is 10.0. The largest absolute Gasteiger partial charge is 0.366 e. The van der Waals surface area contributed by atoms with Gasteiger partial charge in [-0.25, -0.2) is 4.98 Å². The maximum absolute atomic E-state index is 9.02. The van der Waals surface area contributed by atoms with Crippen molar-refractivity contribution in [2.45, 2.75) is 25.4 Å². The fourth-order valence-electron chi connectivity index (χ4n) is 2.97. The minimum absolute atomic E-state index is 0.272. The molecule has 23 heavy (non-hydrogen) atoms. The Balaban J connectivity index is 1.61. The second-order valence-corrected chi connectivity index (χ2v) is 6.25. The number of rotatable bonds is 4. The number of likely N-dealkylation sites (tertiary alicyclic amines) is 1. The minimum atomic E-state index is 0.272. The van der Waals surface area contributed by atoms with E-state index in [9.17, 15) is 0 Å². The van der Waals surface area contributed by atoms with Crippen molar-refractivity contribution >= 4 is 17.4 Å². The van der Waals surface area contributed by atoms with Crippen molar-refractivity contribution in [3.63, 3.8) is 0 Å². The number of anilines is 1. The van der Waals surface area contributed by atoms with Gasteiger partial charge >= 0.3 is 0 Å². The van der Waals surface area contributed by atoms with E-state index in [0.29, 0.717) is 11.1 Å². The molecule has 0 spiro atoms. The maximum Gasteiger partial charge on any atom is 0.161 e. The molecule has 0 saturated carbocycles. The van der Waals surface area contributed by atoms with Crippen molar-refractivity contribution < 1.29 is 0 Å². The number of benzene rings is 1. The van der Waals surface area contributed by atoms with Gasteiger partial charge in [0.1, 0.15) is 11.9 Å². The molecule has 0 bridgehead atoms. The highest BCUT2D eigenvalue weighted by molar-refractivity contribution is 6.31. The van der Waals surface area contributed by atoms with Gasteiger partial charge in [-0.1, -0.05) is 41.9 Å². The molecule has 1 aliphatic rings. The molecular formula is C18H19ClN4. The first-order valence-electron chi connectivity index (χ1n) is 7.84. The van der Waals surface area contributed by atoms with Crippen molar-refractivity contribution in [3.05, 3.63) is 58.7 Å². The first kappa shape index (κ1) is 15.8.